The lowest BCUT2D eigenvalue weighted by atomic mass is 9.97. The van der Waals surface area contributed by atoms with Gasteiger partial charge in [-0.3, -0.25) is 9.58 Å². The molecule has 1 aromatic heterocycles. The summed E-state index contributed by atoms with van der Waals surface area (Å²) in [7, 11) is 1.93. The van der Waals surface area contributed by atoms with Crippen LogP contribution in [0.5, 0.6) is 0 Å². The van der Waals surface area contributed by atoms with Crippen LogP contribution in [0.25, 0.3) is 0 Å². The van der Waals surface area contributed by atoms with E-state index in [1.165, 1.54) is 11.1 Å². The van der Waals surface area contributed by atoms with Gasteiger partial charge in [-0.2, -0.15) is 5.10 Å². The second kappa shape index (κ2) is 7.62. The van der Waals surface area contributed by atoms with Crippen molar-refractivity contribution in [3.63, 3.8) is 0 Å². The highest BCUT2D eigenvalue weighted by atomic mass is 16.3. The van der Waals surface area contributed by atoms with Crippen molar-refractivity contribution in [3.05, 3.63) is 47.8 Å². The Hall–Kier alpha value is -1.85. The SMILES string of the molecule is Cn1cc(CNc2cccc(CN3CCC(CO)CC3)c2)cn1. The smallest absolute Gasteiger partial charge is 0.0539 e. The number of benzene rings is 1. The topological polar surface area (TPSA) is 53.3 Å². The van der Waals surface area contributed by atoms with Crippen molar-refractivity contribution in [2.45, 2.75) is 25.9 Å². The molecule has 1 fully saturated rings. The molecule has 124 valence electrons. The maximum atomic E-state index is 9.23. The van der Waals surface area contributed by atoms with Crippen molar-refractivity contribution in [1.82, 2.24) is 14.7 Å². The zero-order valence-corrected chi connectivity index (χ0v) is 13.8. The highest BCUT2D eigenvalue weighted by molar-refractivity contribution is 5.46. The molecule has 0 atom stereocenters. The summed E-state index contributed by atoms with van der Waals surface area (Å²) >= 11 is 0. The monoisotopic (exact) mass is 314 g/mol. The minimum absolute atomic E-state index is 0.335. The van der Waals surface area contributed by atoms with E-state index in [-0.39, 0.29) is 0 Å². The molecule has 1 aromatic carbocycles. The van der Waals surface area contributed by atoms with E-state index >= 15 is 0 Å². The zero-order valence-electron chi connectivity index (χ0n) is 13.8. The Morgan fingerprint density at radius 1 is 1.26 bits per heavy atom. The first kappa shape index (κ1) is 16.0. The zero-order chi connectivity index (χ0) is 16.1. The van der Waals surface area contributed by atoms with Gasteiger partial charge in [0.1, 0.15) is 0 Å². The molecule has 1 saturated heterocycles. The van der Waals surface area contributed by atoms with Crippen LogP contribution in [0.3, 0.4) is 0 Å². The Morgan fingerprint density at radius 3 is 2.78 bits per heavy atom. The highest BCUT2D eigenvalue weighted by Crippen LogP contribution is 2.20. The van der Waals surface area contributed by atoms with E-state index in [1.54, 1.807) is 0 Å². The van der Waals surface area contributed by atoms with Gasteiger partial charge in [-0.05, 0) is 49.5 Å². The molecule has 23 heavy (non-hydrogen) atoms. The number of aromatic nitrogens is 2. The lowest BCUT2D eigenvalue weighted by molar-refractivity contribution is 0.127. The Morgan fingerprint density at radius 2 is 2.09 bits per heavy atom. The van der Waals surface area contributed by atoms with Crippen LogP contribution in [0.4, 0.5) is 5.69 Å². The Bertz CT molecular complexity index is 617. The maximum Gasteiger partial charge on any atom is 0.0539 e. The number of nitrogens with zero attached hydrogens (tertiary/aromatic N) is 3. The molecule has 2 heterocycles. The average Bonchev–Trinajstić information content (AvgIpc) is 3.00. The number of nitrogens with one attached hydrogen (secondary N) is 1. The number of rotatable bonds is 6. The third kappa shape index (κ3) is 4.56. The molecule has 2 N–H and O–H groups in total. The van der Waals surface area contributed by atoms with Gasteiger partial charge in [-0.1, -0.05) is 12.1 Å². The molecule has 0 aliphatic carbocycles. The largest absolute Gasteiger partial charge is 0.396 e. The summed E-state index contributed by atoms with van der Waals surface area (Å²) in [6.07, 6.45) is 6.13. The van der Waals surface area contributed by atoms with E-state index in [2.05, 4.69) is 39.6 Å². The van der Waals surface area contributed by atoms with Crippen molar-refractivity contribution < 1.29 is 5.11 Å². The summed E-state index contributed by atoms with van der Waals surface area (Å²) in [6.45, 7) is 4.28. The van der Waals surface area contributed by atoms with Gasteiger partial charge in [0.2, 0.25) is 0 Å². The third-order valence-electron chi connectivity index (χ3n) is 4.55. The molecular weight excluding hydrogens is 288 g/mol. The molecule has 0 amide bonds. The van der Waals surface area contributed by atoms with E-state index in [1.807, 2.05) is 24.1 Å². The van der Waals surface area contributed by atoms with Crippen LogP contribution in [0.1, 0.15) is 24.0 Å². The van der Waals surface area contributed by atoms with Crippen molar-refractivity contribution in [1.29, 1.82) is 0 Å². The predicted molar refractivity (Wildman–Crippen MR) is 92.1 cm³/mol. The summed E-state index contributed by atoms with van der Waals surface area (Å²) in [5.41, 5.74) is 3.67. The van der Waals surface area contributed by atoms with Crippen LogP contribution in [0.15, 0.2) is 36.7 Å². The van der Waals surface area contributed by atoms with E-state index in [0.29, 0.717) is 12.5 Å². The van der Waals surface area contributed by atoms with Gasteiger partial charge >= 0.3 is 0 Å². The van der Waals surface area contributed by atoms with E-state index in [9.17, 15) is 5.11 Å². The fourth-order valence-corrected chi connectivity index (χ4v) is 3.13. The fraction of sp³-hybridized carbons (Fsp3) is 0.500. The Kier molecular flexibility index (Phi) is 5.31. The van der Waals surface area contributed by atoms with Gasteiger partial charge in [0.25, 0.3) is 0 Å². The molecule has 5 heteroatoms. The number of aliphatic hydroxyl groups is 1. The van der Waals surface area contributed by atoms with Gasteiger partial charge in [-0.15, -0.1) is 0 Å². The molecule has 5 nitrogen and oxygen atoms in total. The van der Waals surface area contributed by atoms with Crippen LogP contribution in [0.2, 0.25) is 0 Å². The van der Waals surface area contributed by atoms with Crippen molar-refractivity contribution in [2.75, 3.05) is 25.0 Å². The van der Waals surface area contributed by atoms with Gasteiger partial charge < -0.3 is 10.4 Å². The molecule has 1 aliphatic rings. The second-order valence-corrected chi connectivity index (χ2v) is 6.48. The summed E-state index contributed by atoms with van der Waals surface area (Å²) < 4.78 is 1.82. The summed E-state index contributed by atoms with van der Waals surface area (Å²) in [5, 5.41) is 16.9. The molecule has 0 spiro atoms. The molecular formula is C18H26N4O. The van der Waals surface area contributed by atoms with Crippen molar-refractivity contribution in [3.8, 4) is 0 Å². The molecule has 0 unspecified atom stereocenters. The molecule has 0 bridgehead atoms. The quantitative estimate of drug-likeness (QED) is 0.858. The molecule has 3 rings (SSSR count). The lowest BCUT2D eigenvalue weighted by Crippen LogP contribution is -2.34. The number of hydrogen-bond donors (Lipinski definition) is 2. The predicted octanol–water partition coefficient (Wildman–Crippen LogP) is 2.24. The summed E-state index contributed by atoms with van der Waals surface area (Å²) in [6, 6.07) is 8.64. The van der Waals surface area contributed by atoms with E-state index in [4.69, 9.17) is 0 Å². The number of aliphatic hydroxyl groups excluding tert-OH is 1. The highest BCUT2D eigenvalue weighted by Gasteiger charge is 2.18. The number of likely N-dealkylation sites (tertiary alicyclic amines) is 1. The molecule has 0 saturated carbocycles. The van der Waals surface area contributed by atoms with E-state index < -0.39 is 0 Å². The van der Waals surface area contributed by atoms with Crippen LogP contribution in [-0.4, -0.2) is 39.5 Å². The first-order valence-corrected chi connectivity index (χ1v) is 8.36. The van der Waals surface area contributed by atoms with Crippen LogP contribution >= 0.6 is 0 Å². The van der Waals surface area contributed by atoms with Gasteiger partial charge in [0.05, 0.1) is 6.20 Å². The summed E-state index contributed by atoms with van der Waals surface area (Å²) in [4.78, 5) is 2.48. The normalized spacial score (nSPS) is 16.6. The van der Waals surface area contributed by atoms with Gasteiger partial charge in [0.15, 0.2) is 0 Å². The average molecular weight is 314 g/mol. The van der Waals surface area contributed by atoms with Gasteiger partial charge in [-0.25, -0.2) is 0 Å². The lowest BCUT2D eigenvalue weighted by Gasteiger charge is -2.31. The van der Waals surface area contributed by atoms with Crippen LogP contribution in [0, 0.1) is 5.92 Å². The number of piperidine rings is 1. The maximum absolute atomic E-state index is 9.23. The Labute approximate surface area is 137 Å². The van der Waals surface area contributed by atoms with Gasteiger partial charge in [0, 0.05) is 44.2 Å². The third-order valence-corrected chi connectivity index (χ3v) is 4.55. The van der Waals surface area contributed by atoms with Crippen LogP contribution in [-0.2, 0) is 20.1 Å². The molecule has 1 aliphatic heterocycles. The molecule has 2 aromatic rings. The minimum Gasteiger partial charge on any atom is -0.396 e. The van der Waals surface area contributed by atoms with Crippen LogP contribution < -0.4 is 5.32 Å². The first-order valence-electron chi connectivity index (χ1n) is 8.36. The van der Waals surface area contributed by atoms with Crippen molar-refractivity contribution >= 4 is 5.69 Å². The van der Waals surface area contributed by atoms with E-state index in [0.717, 1.165) is 44.7 Å². The summed E-state index contributed by atoms with van der Waals surface area (Å²) in [5.74, 6) is 0.499. The fourth-order valence-electron chi connectivity index (χ4n) is 3.13. The molecule has 0 radical (unpaired) electrons. The first-order chi connectivity index (χ1) is 11.2. The minimum atomic E-state index is 0.335. The number of aryl methyl sites for hydroxylation is 1. The van der Waals surface area contributed by atoms with Crippen molar-refractivity contribution in [2.24, 2.45) is 13.0 Å². The number of anilines is 1. The standard InChI is InChI=1S/C18H26N4O/c1-21-12-17(11-20-21)10-19-18-4-2-3-16(9-18)13-22-7-5-15(14-23)6-8-22/h2-4,9,11-12,15,19,23H,5-8,10,13-14H2,1H3. The second-order valence-electron chi connectivity index (χ2n) is 6.48. The number of hydrogen-bond acceptors (Lipinski definition) is 4. The Balaban J connectivity index is 1.53.